The van der Waals surface area contributed by atoms with Crippen molar-refractivity contribution in [2.45, 2.75) is 12.2 Å². The first-order chi connectivity index (χ1) is 8.18. The maximum absolute atomic E-state index is 11.2. The Morgan fingerprint density at radius 2 is 2.29 bits per heavy atom. The Hall–Kier alpha value is -0.940. The molecule has 5 heteroatoms. The fourth-order valence-corrected chi connectivity index (χ4v) is 3.86. The van der Waals surface area contributed by atoms with Crippen LogP contribution in [0, 0.1) is 0 Å². The molecule has 2 heterocycles. The molecule has 3 rings (SSSR count). The van der Waals surface area contributed by atoms with Gasteiger partial charge in [0.15, 0.2) is 0 Å². The number of carboxylic acid groups (broad SMARTS) is 1. The van der Waals surface area contributed by atoms with Crippen LogP contribution in [0.4, 0.5) is 0 Å². The van der Waals surface area contributed by atoms with Crippen molar-refractivity contribution >= 4 is 44.6 Å². The lowest BCUT2D eigenvalue weighted by Gasteiger charge is -2.10. The predicted octanol–water partition coefficient (Wildman–Crippen LogP) is 3.42. The van der Waals surface area contributed by atoms with Gasteiger partial charge in [0, 0.05) is 21.3 Å². The summed E-state index contributed by atoms with van der Waals surface area (Å²) < 4.78 is 0.970. The van der Waals surface area contributed by atoms with Crippen LogP contribution in [0.1, 0.15) is 21.6 Å². The van der Waals surface area contributed by atoms with Gasteiger partial charge in [0.05, 0.1) is 11.1 Å². The monoisotopic (exact) mass is 311 g/mol. The molecule has 2 aromatic rings. The van der Waals surface area contributed by atoms with Crippen LogP contribution in [0.5, 0.6) is 0 Å². The second-order valence-electron chi connectivity index (χ2n) is 4.03. The summed E-state index contributed by atoms with van der Waals surface area (Å²) in [6.07, 6.45) is 0.986. The van der Waals surface area contributed by atoms with Crippen molar-refractivity contribution in [1.29, 1.82) is 0 Å². The number of thioether (sulfide) groups is 1. The summed E-state index contributed by atoms with van der Waals surface area (Å²) in [6.45, 7) is 0. The zero-order valence-electron chi connectivity index (χ0n) is 8.92. The van der Waals surface area contributed by atoms with E-state index in [1.165, 1.54) is 11.3 Å². The van der Waals surface area contributed by atoms with E-state index in [0.717, 1.165) is 33.3 Å². The molecule has 1 aromatic carbocycles. The van der Waals surface area contributed by atoms with E-state index in [1.54, 1.807) is 6.07 Å². The highest BCUT2D eigenvalue weighted by Gasteiger charge is 2.21. The molecule has 0 bridgehead atoms. The van der Waals surface area contributed by atoms with Gasteiger partial charge in [-0.05, 0) is 29.9 Å². The van der Waals surface area contributed by atoms with Crippen molar-refractivity contribution in [3.05, 3.63) is 33.4 Å². The van der Waals surface area contributed by atoms with E-state index in [-0.39, 0.29) is 0 Å². The van der Waals surface area contributed by atoms with E-state index in [1.807, 2.05) is 17.8 Å². The van der Waals surface area contributed by atoms with Gasteiger partial charge >= 0.3 is 5.97 Å². The number of nitrogens with one attached hydrogen (secondary N) is 1. The van der Waals surface area contributed by atoms with Crippen LogP contribution < -0.4 is 0 Å². The predicted molar refractivity (Wildman–Crippen MR) is 72.8 cm³/mol. The summed E-state index contributed by atoms with van der Waals surface area (Å²) in [5, 5.41) is 10.2. The summed E-state index contributed by atoms with van der Waals surface area (Å²) in [5.74, 6) is 1.17. The van der Waals surface area contributed by atoms with Crippen molar-refractivity contribution in [2.24, 2.45) is 0 Å². The van der Waals surface area contributed by atoms with Crippen molar-refractivity contribution in [1.82, 2.24) is 4.98 Å². The summed E-state index contributed by atoms with van der Waals surface area (Å²) in [6, 6.07) is 3.46. The van der Waals surface area contributed by atoms with Gasteiger partial charge < -0.3 is 10.1 Å². The molecular formula is C12H10BrNO2S. The molecule has 0 saturated heterocycles. The largest absolute Gasteiger partial charge is 0.478 e. The summed E-state index contributed by atoms with van der Waals surface area (Å²) >= 11 is 5.41. The van der Waals surface area contributed by atoms with Gasteiger partial charge in [-0.2, -0.15) is 11.8 Å². The maximum atomic E-state index is 11.2. The highest BCUT2D eigenvalue weighted by Crippen LogP contribution is 2.36. The lowest BCUT2D eigenvalue weighted by Crippen LogP contribution is -1.99. The van der Waals surface area contributed by atoms with Crippen LogP contribution in [-0.2, 0) is 12.2 Å². The fourth-order valence-electron chi connectivity index (χ4n) is 2.28. The maximum Gasteiger partial charge on any atom is 0.337 e. The molecule has 1 aliphatic rings. The van der Waals surface area contributed by atoms with E-state index in [4.69, 9.17) is 0 Å². The van der Waals surface area contributed by atoms with E-state index in [9.17, 15) is 9.90 Å². The Labute approximate surface area is 111 Å². The lowest BCUT2D eigenvalue weighted by molar-refractivity contribution is 0.0699. The van der Waals surface area contributed by atoms with Crippen molar-refractivity contribution in [2.75, 3.05) is 5.75 Å². The normalized spacial score (nSPS) is 14.9. The van der Waals surface area contributed by atoms with Crippen LogP contribution in [-0.4, -0.2) is 21.8 Å². The number of aromatic nitrogens is 1. The average Bonchev–Trinajstić information content (AvgIpc) is 2.68. The van der Waals surface area contributed by atoms with E-state index in [0.29, 0.717) is 5.56 Å². The molecule has 2 N–H and O–H groups in total. The third-order valence-electron chi connectivity index (χ3n) is 3.07. The Morgan fingerprint density at radius 3 is 3.06 bits per heavy atom. The van der Waals surface area contributed by atoms with Crippen molar-refractivity contribution in [3.63, 3.8) is 0 Å². The number of aryl methyl sites for hydroxylation is 1. The number of H-pyrrole nitrogens is 1. The third kappa shape index (κ3) is 1.68. The Bertz CT molecular complexity index is 620. The molecule has 1 aromatic heterocycles. The number of rotatable bonds is 1. The first-order valence-electron chi connectivity index (χ1n) is 5.31. The van der Waals surface area contributed by atoms with Gasteiger partial charge in [-0.1, -0.05) is 15.9 Å². The van der Waals surface area contributed by atoms with E-state index < -0.39 is 5.97 Å². The standard InChI is InChI=1S/C12H10BrNO2S/c13-8-2-1-6(12(15)16)11-10(8)7-5-17-4-3-9(7)14-11/h1-2,14H,3-5H2,(H,15,16). The van der Waals surface area contributed by atoms with Crippen LogP contribution in [0.2, 0.25) is 0 Å². The Balaban J connectivity index is 2.39. The number of carbonyl (C=O) groups is 1. The quantitative estimate of drug-likeness (QED) is 0.848. The molecule has 0 amide bonds. The lowest BCUT2D eigenvalue weighted by atomic mass is 10.1. The highest BCUT2D eigenvalue weighted by molar-refractivity contribution is 9.10. The number of aromatic amines is 1. The molecule has 0 radical (unpaired) electrons. The molecule has 17 heavy (non-hydrogen) atoms. The van der Waals surface area contributed by atoms with Gasteiger partial charge in [0.25, 0.3) is 0 Å². The molecule has 0 unspecified atom stereocenters. The number of halogens is 1. The topological polar surface area (TPSA) is 53.1 Å². The van der Waals surface area contributed by atoms with Gasteiger partial charge in [-0.15, -0.1) is 0 Å². The molecule has 88 valence electrons. The number of aromatic carboxylic acids is 1. The Kier molecular flexibility index (Phi) is 2.67. The highest BCUT2D eigenvalue weighted by atomic mass is 79.9. The minimum atomic E-state index is -0.881. The molecule has 3 nitrogen and oxygen atoms in total. The van der Waals surface area contributed by atoms with E-state index >= 15 is 0 Å². The number of fused-ring (bicyclic) bond motifs is 3. The third-order valence-corrected chi connectivity index (χ3v) is 4.72. The van der Waals surface area contributed by atoms with Crippen molar-refractivity contribution in [3.8, 4) is 0 Å². The summed E-state index contributed by atoms with van der Waals surface area (Å²) in [4.78, 5) is 14.5. The number of hydrogen-bond acceptors (Lipinski definition) is 2. The molecule has 0 aliphatic carbocycles. The van der Waals surface area contributed by atoms with Gasteiger partial charge in [0.2, 0.25) is 0 Å². The summed E-state index contributed by atoms with van der Waals surface area (Å²) in [5.41, 5.74) is 3.54. The fraction of sp³-hybridized carbons (Fsp3) is 0.250. The van der Waals surface area contributed by atoms with Crippen LogP contribution in [0.15, 0.2) is 16.6 Å². The zero-order valence-corrected chi connectivity index (χ0v) is 11.3. The molecule has 1 aliphatic heterocycles. The first kappa shape index (κ1) is 11.2. The smallest absolute Gasteiger partial charge is 0.337 e. The van der Waals surface area contributed by atoms with Crippen LogP contribution >= 0.6 is 27.7 Å². The molecule has 0 spiro atoms. The Morgan fingerprint density at radius 1 is 1.47 bits per heavy atom. The van der Waals surface area contributed by atoms with Crippen LogP contribution in [0.25, 0.3) is 10.9 Å². The minimum Gasteiger partial charge on any atom is -0.478 e. The van der Waals surface area contributed by atoms with Gasteiger partial charge in [0.1, 0.15) is 0 Å². The van der Waals surface area contributed by atoms with Gasteiger partial charge in [-0.25, -0.2) is 4.79 Å². The average molecular weight is 312 g/mol. The van der Waals surface area contributed by atoms with Gasteiger partial charge in [-0.3, -0.25) is 0 Å². The SMILES string of the molecule is O=C(O)c1ccc(Br)c2c3c([nH]c12)CCSC3. The van der Waals surface area contributed by atoms with Crippen molar-refractivity contribution < 1.29 is 9.90 Å². The minimum absolute atomic E-state index is 0.350. The van der Waals surface area contributed by atoms with E-state index in [2.05, 4.69) is 20.9 Å². The summed E-state index contributed by atoms with van der Waals surface area (Å²) in [7, 11) is 0. The first-order valence-corrected chi connectivity index (χ1v) is 7.26. The molecular weight excluding hydrogens is 302 g/mol. The number of carboxylic acids is 1. The molecule has 0 fully saturated rings. The second kappa shape index (κ2) is 4.07. The molecule has 0 atom stereocenters. The zero-order chi connectivity index (χ0) is 12.0. The second-order valence-corrected chi connectivity index (χ2v) is 5.99. The molecule has 0 saturated carbocycles. The number of hydrogen-bond donors (Lipinski definition) is 2. The van der Waals surface area contributed by atoms with Crippen LogP contribution in [0.3, 0.4) is 0 Å². The number of benzene rings is 1.